The summed E-state index contributed by atoms with van der Waals surface area (Å²) in [6.45, 7) is 7.76. The maximum Gasteiger partial charge on any atom is 0.120 e. The largest absolute Gasteiger partial charge is 0.360 e. The van der Waals surface area contributed by atoms with Gasteiger partial charge in [-0.15, -0.1) is 19.0 Å². The summed E-state index contributed by atoms with van der Waals surface area (Å²) in [5, 5.41) is 0. The van der Waals surface area contributed by atoms with E-state index in [4.69, 9.17) is 5.73 Å². The van der Waals surface area contributed by atoms with E-state index in [1.165, 1.54) is 16.7 Å². The van der Waals surface area contributed by atoms with Crippen molar-refractivity contribution in [3.63, 3.8) is 0 Å². The zero-order valence-electron chi connectivity index (χ0n) is 11.6. The van der Waals surface area contributed by atoms with Gasteiger partial charge in [0.25, 0.3) is 0 Å². The number of halogens is 1. The van der Waals surface area contributed by atoms with Crippen molar-refractivity contribution in [2.24, 2.45) is 10.7 Å². The summed E-state index contributed by atoms with van der Waals surface area (Å²) in [6, 6.07) is 6.15. The molecule has 19 heavy (non-hydrogen) atoms. The lowest BCUT2D eigenvalue weighted by atomic mass is 9.94. The molecule has 1 unspecified atom stereocenters. The summed E-state index contributed by atoms with van der Waals surface area (Å²) in [5.41, 5.74) is 10.1. The summed E-state index contributed by atoms with van der Waals surface area (Å²) in [6.07, 6.45) is 2.78. The summed E-state index contributed by atoms with van der Waals surface area (Å²) < 4.78 is 0. The highest BCUT2D eigenvalue weighted by atomic mass is 35.5. The molecule has 0 bridgehead atoms. The molecule has 0 spiro atoms. The first-order valence-corrected chi connectivity index (χ1v) is 6.35. The van der Waals surface area contributed by atoms with E-state index >= 15 is 0 Å². The van der Waals surface area contributed by atoms with Gasteiger partial charge in [0.05, 0.1) is 12.6 Å². The third-order valence-electron chi connectivity index (χ3n) is 3.51. The smallest absolute Gasteiger partial charge is 0.120 e. The van der Waals surface area contributed by atoms with Crippen LogP contribution in [0.4, 0.5) is 0 Å². The number of aliphatic imine (C=N–C) groups is 1. The van der Waals surface area contributed by atoms with Crippen LogP contribution in [0.25, 0.3) is 0 Å². The molecule has 0 fully saturated rings. The number of likely N-dealkylation sites (N-methyl/N-ethyl adjacent to an activating group) is 1. The van der Waals surface area contributed by atoms with Crippen LogP contribution >= 0.6 is 12.4 Å². The van der Waals surface area contributed by atoms with Gasteiger partial charge in [0.2, 0.25) is 0 Å². The number of rotatable bonds is 4. The minimum Gasteiger partial charge on any atom is -0.360 e. The molecule has 1 aliphatic rings. The predicted molar refractivity (Wildman–Crippen MR) is 84.2 cm³/mol. The normalized spacial score (nSPS) is 15.7. The molecule has 2 rings (SSSR count). The molecule has 0 aliphatic carbocycles. The van der Waals surface area contributed by atoms with E-state index in [1.54, 1.807) is 0 Å². The van der Waals surface area contributed by atoms with Crippen LogP contribution in [0.2, 0.25) is 0 Å². The topological polar surface area (TPSA) is 41.6 Å². The third kappa shape index (κ3) is 3.17. The van der Waals surface area contributed by atoms with Gasteiger partial charge in [-0.05, 0) is 30.0 Å². The molecule has 2 N–H and O–H groups in total. The molecule has 3 nitrogen and oxygen atoms in total. The fourth-order valence-electron chi connectivity index (χ4n) is 2.46. The predicted octanol–water partition coefficient (Wildman–Crippen LogP) is 2.49. The molecule has 0 radical (unpaired) electrons. The average Bonchev–Trinajstić information content (AvgIpc) is 2.77. The number of hydrogen-bond acceptors (Lipinski definition) is 3. The maximum absolute atomic E-state index is 6.38. The van der Waals surface area contributed by atoms with Crippen LogP contribution in [0.15, 0.2) is 35.8 Å². The highest BCUT2D eigenvalue weighted by Gasteiger charge is 2.23. The van der Waals surface area contributed by atoms with E-state index in [2.05, 4.69) is 48.6 Å². The van der Waals surface area contributed by atoms with Crippen molar-refractivity contribution in [3.8, 4) is 0 Å². The fraction of sp³-hybridized carbons (Fsp3) is 0.400. The molecule has 0 amide bonds. The first kappa shape index (κ1) is 15.7. The number of allylic oxidation sites excluding steroid dienone is 1. The first-order valence-electron chi connectivity index (χ1n) is 6.35. The van der Waals surface area contributed by atoms with Gasteiger partial charge in [-0.1, -0.05) is 24.3 Å². The molecule has 1 heterocycles. The Morgan fingerprint density at radius 2 is 2.26 bits per heavy atom. The summed E-state index contributed by atoms with van der Waals surface area (Å²) in [5.74, 6) is 0.992. The maximum atomic E-state index is 6.38. The van der Waals surface area contributed by atoms with Crippen molar-refractivity contribution in [2.45, 2.75) is 19.4 Å². The van der Waals surface area contributed by atoms with E-state index in [0.717, 1.165) is 25.3 Å². The van der Waals surface area contributed by atoms with Crippen LogP contribution in [0.1, 0.15) is 22.7 Å². The molecular weight excluding hydrogens is 258 g/mol. The van der Waals surface area contributed by atoms with E-state index in [1.807, 2.05) is 6.08 Å². The van der Waals surface area contributed by atoms with Gasteiger partial charge in [-0.25, -0.2) is 0 Å². The van der Waals surface area contributed by atoms with Gasteiger partial charge >= 0.3 is 0 Å². The monoisotopic (exact) mass is 279 g/mol. The molecule has 1 aliphatic heterocycles. The Hall–Kier alpha value is -1.32. The molecule has 104 valence electrons. The Bertz CT molecular complexity index is 482. The lowest BCUT2D eigenvalue weighted by molar-refractivity contribution is 0.536. The number of nitrogens with zero attached hydrogens (tertiary/aromatic N) is 2. The standard InChI is InChI=1S/C15H21N3.ClH/c1-4-6-12-11(2)7-5-8-13(12)14(16)15-17-9-10-18(15)3;/h4-5,7-8,14H,1,6,9-10,16H2,2-3H3;1H. The Morgan fingerprint density at radius 3 is 2.84 bits per heavy atom. The molecule has 1 aromatic rings. The molecule has 1 atom stereocenters. The van der Waals surface area contributed by atoms with Crippen molar-refractivity contribution >= 4 is 18.2 Å². The first-order chi connectivity index (χ1) is 8.65. The summed E-state index contributed by atoms with van der Waals surface area (Å²) in [7, 11) is 2.05. The third-order valence-corrected chi connectivity index (χ3v) is 3.51. The second kappa shape index (κ2) is 6.73. The van der Waals surface area contributed by atoms with Crippen molar-refractivity contribution in [1.29, 1.82) is 0 Å². The van der Waals surface area contributed by atoms with Gasteiger partial charge in [-0.3, -0.25) is 4.99 Å². The van der Waals surface area contributed by atoms with Crippen molar-refractivity contribution in [3.05, 3.63) is 47.5 Å². The van der Waals surface area contributed by atoms with E-state index < -0.39 is 0 Å². The van der Waals surface area contributed by atoms with Crippen molar-refractivity contribution in [2.75, 3.05) is 20.1 Å². The second-order valence-corrected chi connectivity index (χ2v) is 4.77. The minimum atomic E-state index is -0.132. The number of amidine groups is 1. The second-order valence-electron chi connectivity index (χ2n) is 4.77. The SMILES string of the molecule is C=CCc1c(C)cccc1C(N)C1=NCCN1C.Cl. The van der Waals surface area contributed by atoms with Gasteiger partial charge in [0.15, 0.2) is 0 Å². The summed E-state index contributed by atoms with van der Waals surface area (Å²) >= 11 is 0. The van der Waals surface area contributed by atoms with Crippen molar-refractivity contribution < 1.29 is 0 Å². The quantitative estimate of drug-likeness (QED) is 0.861. The van der Waals surface area contributed by atoms with Gasteiger partial charge in [0.1, 0.15) is 5.84 Å². The summed E-state index contributed by atoms with van der Waals surface area (Å²) in [4.78, 5) is 6.66. The molecule has 0 saturated carbocycles. The number of nitrogens with two attached hydrogens (primary N) is 1. The Kier molecular flexibility index (Phi) is 5.58. The van der Waals surface area contributed by atoms with E-state index in [9.17, 15) is 0 Å². The van der Waals surface area contributed by atoms with Gasteiger partial charge in [-0.2, -0.15) is 0 Å². The average molecular weight is 280 g/mol. The van der Waals surface area contributed by atoms with Gasteiger partial charge < -0.3 is 10.6 Å². The van der Waals surface area contributed by atoms with E-state index in [-0.39, 0.29) is 18.4 Å². The van der Waals surface area contributed by atoms with Gasteiger partial charge in [0, 0.05) is 13.6 Å². The number of aryl methyl sites for hydroxylation is 1. The van der Waals surface area contributed by atoms with E-state index in [0.29, 0.717) is 0 Å². The number of hydrogen-bond donors (Lipinski definition) is 1. The van der Waals surface area contributed by atoms with Crippen molar-refractivity contribution in [1.82, 2.24) is 4.90 Å². The molecule has 1 aromatic carbocycles. The minimum absolute atomic E-state index is 0. The number of benzene rings is 1. The Labute approximate surface area is 121 Å². The van der Waals surface area contributed by atoms with Crippen LogP contribution in [-0.2, 0) is 6.42 Å². The zero-order chi connectivity index (χ0) is 13.1. The molecule has 0 saturated heterocycles. The van der Waals surface area contributed by atoms with Crippen LogP contribution in [0, 0.1) is 6.92 Å². The Balaban J connectivity index is 0.00000180. The Morgan fingerprint density at radius 1 is 1.53 bits per heavy atom. The van der Waals surface area contributed by atoms with Crippen LogP contribution < -0.4 is 5.73 Å². The molecule has 4 heteroatoms. The van der Waals surface area contributed by atoms with Crippen LogP contribution in [-0.4, -0.2) is 30.9 Å². The zero-order valence-corrected chi connectivity index (χ0v) is 12.4. The van der Waals surface area contributed by atoms with Crippen LogP contribution in [0.3, 0.4) is 0 Å². The highest BCUT2D eigenvalue weighted by molar-refractivity contribution is 5.89. The molecular formula is C15H22ClN3. The van der Waals surface area contributed by atoms with Crippen LogP contribution in [0.5, 0.6) is 0 Å². The highest BCUT2D eigenvalue weighted by Crippen LogP contribution is 2.23. The fourth-order valence-corrected chi connectivity index (χ4v) is 2.46. The molecule has 0 aromatic heterocycles. The lowest BCUT2D eigenvalue weighted by Gasteiger charge is -2.23. The lowest BCUT2D eigenvalue weighted by Crippen LogP contribution is -2.33.